The van der Waals surface area contributed by atoms with Gasteiger partial charge in [0.1, 0.15) is 5.69 Å². The van der Waals surface area contributed by atoms with E-state index < -0.39 is 0 Å². The molecule has 128 valence electrons. The average Bonchev–Trinajstić information content (AvgIpc) is 3.04. The molecule has 1 aliphatic carbocycles. The predicted octanol–water partition coefficient (Wildman–Crippen LogP) is 2.90. The van der Waals surface area contributed by atoms with Gasteiger partial charge in [-0.15, -0.1) is 0 Å². The Balaban J connectivity index is 1.48. The summed E-state index contributed by atoms with van der Waals surface area (Å²) in [4.78, 5) is 12.3. The zero-order valence-electron chi connectivity index (χ0n) is 14.1. The van der Waals surface area contributed by atoms with Crippen molar-refractivity contribution in [3.05, 3.63) is 18.0 Å². The van der Waals surface area contributed by atoms with Crippen LogP contribution in [0.15, 0.2) is 12.3 Å². The Hall–Kier alpha value is -1.36. The summed E-state index contributed by atoms with van der Waals surface area (Å²) < 4.78 is 1.96. The Morgan fingerprint density at radius 2 is 1.96 bits per heavy atom. The summed E-state index contributed by atoms with van der Waals surface area (Å²) in [5.74, 6) is 0.624. The van der Waals surface area contributed by atoms with Crippen molar-refractivity contribution < 1.29 is 4.79 Å². The van der Waals surface area contributed by atoms with E-state index in [-0.39, 0.29) is 5.91 Å². The van der Waals surface area contributed by atoms with E-state index in [0.29, 0.717) is 17.7 Å². The lowest BCUT2D eigenvalue weighted by Gasteiger charge is -2.23. The number of aromatic nitrogens is 2. The molecule has 2 aliphatic rings. The van der Waals surface area contributed by atoms with Crippen LogP contribution in [0.25, 0.3) is 0 Å². The third-order valence-corrected chi connectivity index (χ3v) is 5.26. The fraction of sp³-hybridized carbons (Fsp3) is 0.778. The van der Waals surface area contributed by atoms with Gasteiger partial charge in [-0.2, -0.15) is 5.10 Å². The third-order valence-electron chi connectivity index (χ3n) is 5.26. The molecule has 2 fully saturated rings. The highest BCUT2D eigenvalue weighted by Crippen LogP contribution is 2.21. The molecule has 1 aromatic heterocycles. The average molecular weight is 318 g/mol. The molecular weight excluding hydrogens is 288 g/mol. The van der Waals surface area contributed by atoms with Crippen molar-refractivity contribution in [2.75, 3.05) is 19.6 Å². The summed E-state index contributed by atoms with van der Waals surface area (Å²) in [5.41, 5.74) is 0.557. The number of rotatable bonds is 4. The van der Waals surface area contributed by atoms with E-state index in [2.05, 4.69) is 15.7 Å². The monoisotopic (exact) mass is 318 g/mol. The maximum absolute atomic E-state index is 12.3. The molecule has 1 atom stereocenters. The van der Waals surface area contributed by atoms with Crippen LogP contribution in [-0.4, -0.2) is 35.3 Å². The molecule has 1 aromatic rings. The minimum absolute atomic E-state index is 0.0189. The van der Waals surface area contributed by atoms with Crippen molar-refractivity contribution in [1.82, 2.24) is 20.4 Å². The third kappa shape index (κ3) is 4.80. The number of nitrogens with zero attached hydrogens (tertiary/aromatic N) is 2. The van der Waals surface area contributed by atoms with Crippen LogP contribution in [0.2, 0.25) is 0 Å². The van der Waals surface area contributed by atoms with E-state index >= 15 is 0 Å². The van der Waals surface area contributed by atoms with Gasteiger partial charge >= 0.3 is 0 Å². The first-order valence-corrected chi connectivity index (χ1v) is 9.37. The Labute approximate surface area is 139 Å². The first-order valence-electron chi connectivity index (χ1n) is 9.37. The number of nitrogens with one attached hydrogen (secondary N) is 2. The van der Waals surface area contributed by atoms with Gasteiger partial charge in [0, 0.05) is 19.3 Å². The van der Waals surface area contributed by atoms with Gasteiger partial charge in [-0.1, -0.05) is 32.1 Å². The van der Waals surface area contributed by atoms with E-state index in [4.69, 9.17) is 0 Å². The quantitative estimate of drug-likeness (QED) is 0.897. The maximum atomic E-state index is 12.3. The Kier molecular flexibility index (Phi) is 6.08. The van der Waals surface area contributed by atoms with Gasteiger partial charge < -0.3 is 10.6 Å². The van der Waals surface area contributed by atoms with Crippen molar-refractivity contribution in [2.24, 2.45) is 5.92 Å². The van der Waals surface area contributed by atoms with Crippen molar-refractivity contribution in [2.45, 2.75) is 63.8 Å². The molecule has 5 nitrogen and oxygen atoms in total. The lowest BCUT2D eigenvalue weighted by molar-refractivity contribution is 0.0938. The SMILES string of the molecule is O=C(NCC1CCCCCCC1)c1ccn(C2CCCNC2)n1. The highest BCUT2D eigenvalue weighted by molar-refractivity contribution is 5.92. The number of hydrogen-bond acceptors (Lipinski definition) is 3. The fourth-order valence-electron chi connectivity index (χ4n) is 3.79. The van der Waals surface area contributed by atoms with Crippen molar-refractivity contribution in [1.29, 1.82) is 0 Å². The second kappa shape index (κ2) is 8.48. The molecule has 2 heterocycles. The normalized spacial score (nSPS) is 23.9. The maximum Gasteiger partial charge on any atom is 0.271 e. The van der Waals surface area contributed by atoms with Gasteiger partial charge in [-0.25, -0.2) is 0 Å². The van der Waals surface area contributed by atoms with Crippen LogP contribution in [0.1, 0.15) is 74.3 Å². The Morgan fingerprint density at radius 3 is 2.70 bits per heavy atom. The molecule has 3 rings (SSSR count). The molecule has 2 N–H and O–H groups in total. The molecule has 5 heteroatoms. The summed E-state index contributed by atoms with van der Waals surface area (Å²) in [7, 11) is 0. The smallest absolute Gasteiger partial charge is 0.271 e. The standard InChI is InChI=1S/C18H30N4O/c23-18(20-13-15-7-4-2-1-3-5-8-15)17-10-12-22(21-17)16-9-6-11-19-14-16/h10,12,15-16,19H,1-9,11,13-14H2,(H,20,23). The minimum atomic E-state index is -0.0189. The fourth-order valence-corrected chi connectivity index (χ4v) is 3.79. The molecule has 0 radical (unpaired) electrons. The van der Waals surface area contributed by atoms with E-state index in [1.54, 1.807) is 0 Å². The number of hydrogen-bond donors (Lipinski definition) is 2. The molecule has 0 aromatic carbocycles. The van der Waals surface area contributed by atoms with E-state index in [0.717, 1.165) is 26.1 Å². The Morgan fingerprint density at radius 1 is 1.17 bits per heavy atom. The predicted molar refractivity (Wildman–Crippen MR) is 91.5 cm³/mol. The summed E-state index contributed by atoms with van der Waals surface area (Å²) in [6.45, 7) is 2.84. The van der Waals surface area contributed by atoms with Gasteiger partial charge in [-0.3, -0.25) is 9.48 Å². The molecule has 1 saturated carbocycles. The number of carbonyl (C=O) groups excluding carboxylic acids is 1. The summed E-state index contributed by atoms with van der Waals surface area (Å²) >= 11 is 0. The van der Waals surface area contributed by atoms with Gasteiger partial charge in [0.05, 0.1) is 6.04 Å². The van der Waals surface area contributed by atoms with Gasteiger partial charge in [-0.05, 0) is 44.2 Å². The van der Waals surface area contributed by atoms with E-state index in [1.165, 1.54) is 51.4 Å². The molecule has 1 amide bonds. The van der Waals surface area contributed by atoms with Gasteiger partial charge in [0.15, 0.2) is 0 Å². The lowest BCUT2D eigenvalue weighted by Crippen LogP contribution is -2.32. The van der Waals surface area contributed by atoms with Crippen LogP contribution in [0.3, 0.4) is 0 Å². The largest absolute Gasteiger partial charge is 0.350 e. The molecular formula is C18H30N4O. The van der Waals surface area contributed by atoms with Gasteiger partial charge in [0.2, 0.25) is 0 Å². The second-order valence-electron chi connectivity index (χ2n) is 7.10. The minimum Gasteiger partial charge on any atom is -0.350 e. The highest BCUT2D eigenvalue weighted by atomic mass is 16.1. The second-order valence-corrected chi connectivity index (χ2v) is 7.10. The molecule has 23 heavy (non-hydrogen) atoms. The Bertz CT molecular complexity index is 485. The molecule has 0 bridgehead atoms. The van der Waals surface area contributed by atoms with Crippen LogP contribution in [0.4, 0.5) is 0 Å². The lowest BCUT2D eigenvalue weighted by atomic mass is 9.91. The molecule has 1 unspecified atom stereocenters. The topological polar surface area (TPSA) is 59.0 Å². The van der Waals surface area contributed by atoms with Crippen LogP contribution in [0.5, 0.6) is 0 Å². The van der Waals surface area contributed by atoms with Crippen molar-refractivity contribution in [3.8, 4) is 0 Å². The number of carbonyl (C=O) groups is 1. The zero-order chi connectivity index (χ0) is 15.9. The number of amides is 1. The van der Waals surface area contributed by atoms with E-state index in [9.17, 15) is 4.79 Å². The molecule has 1 aliphatic heterocycles. The molecule has 0 spiro atoms. The number of piperidine rings is 1. The van der Waals surface area contributed by atoms with Crippen molar-refractivity contribution >= 4 is 5.91 Å². The summed E-state index contributed by atoms with van der Waals surface area (Å²) in [5, 5.41) is 11.0. The molecule has 1 saturated heterocycles. The zero-order valence-corrected chi connectivity index (χ0v) is 14.1. The van der Waals surface area contributed by atoms with Crippen molar-refractivity contribution in [3.63, 3.8) is 0 Å². The first kappa shape index (κ1) is 16.5. The van der Waals surface area contributed by atoms with Crippen LogP contribution >= 0.6 is 0 Å². The van der Waals surface area contributed by atoms with Crippen LogP contribution < -0.4 is 10.6 Å². The van der Waals surface area contributed by atoms with Crippen LogP contribution in [-0.2, 0) is 0 Å². The first-order chi connectivity index (χ1) is 11.3. The van der Waals surface area contributed by atoms with Gasteiger partial charge in [0.25, 0.3) is 5.91 Å². The summed E-state index contributed by atoms with van der Waals surface area (Å²) in [6.07, 6.45) is 13.5. The highest BCUT2D eigenvalue weighted by Gasteiger charge is 2.18. The summed E-state index contributed by atoms with van der Waals surface area (Å²) in [6, 6.07) is 2.23. The van der Waals surface area contributed by atoms with Crippen LogP contribution in [0, 0.1) is 5.92 Å². The van der Waals surface area contributed by atoms with E-state index in [1.807, 2.05) is 16.9 Å².